The topological polar surface area (TPSA) is 17.0 Å². The van der Waals surface area contributed by atoms with E-state index < -0.39 is 12.7 Å². The van der Waals surface area contributed by atoms with Crippen molar-refractivity contribution in [3.63, 3.8) is 0 Å². The van der Waals surface area contributed by atoms with Crippen molar-refractivity contribution in [2.45, 2.75) is 66.1 Å². The molecule has 0 aliphatic heterocycles. The zero-order chi connectivity index (χ0) is 30.9. The van der Waals surface area contributed by atoms with Crippen molar-refractivity contribution in [1.29, 1.82) is 0 Å². The molecule has 1 fully saturated rings. The van der Waals surface area contributed by atoms with Gasteiger partial charge in [0.25, 0.3) is 0 Å². The van der Waals surface area contributed by atoms with Crippen LogP contribution in [0.3, 0.4) is 0 Å². The van der Waals surface area contributed by atoms with Crippen LogP contribution in [-0.4, -0.2) is 0 Å². The van der Waals surface area contributed by atoms with Crippen LogP contribution in [0, 0.1) is 30.9 Å². The number of benzene rings is 3. The molecule has 39 heavy (non-hydrogen) atoms. The Bertz CT molecular complexity index is 1840. The normalized spacial score (nSPS) is 21.9. The monoisotopic (exact) mass is 524 g/mol. The smallest absolute Gasteiger partial charge is 0.216 e. The summed E-state index contributed by atoms with van der Waals surface area (Å²) in [6.45, 7) is 6.58. The van der Waals surface area contributed by atoms with Gasteiger partial charge in [0.05, 0.1) is 11.1 Å². The maximum absolute atomic E-state index is 15.6. The van der Waals surface area contributed by atoms with E-state index in [4.69, 9.17) is 8.53 Å². The Balaban J connectivity index is 1.45. The third-order valence-corrected chi connectivity index (χ3v) is 8.77. The van der Waals surface area contributed by atoms with Crippen LogP contribution in [0.4, 0.5) is 4.39 Å². The number of aromatic nitrogens is 1. The molecule has 0 N–H and O–H groups in total. The molecular formula is C36H39FNO+. The van der Waals surface area contributed by atoms with E-state index in [0.717, 1.165) is 53.1 Å². The van der Waals surface area contributed by atoms with Crippen LogP contribution in [0.5, 0.6) is 0 Å². The van der Waals surface area contributed by atoms with E-state index in [0.29, 0.717) is 33.9 Å². The van der Waals surface area contributed by atoms with Gasteiger partial charge in [0.1, 0.15) is 24.0 Å². The van der Waals surface area contributed by atoms with E-state index in [1.54, 1.807) is 24.4 Å². The fourth-order valence-corrected chi connectivity index (χ4v) is 6.38. The van der Waals surface area contributed by atoms with Gasteiger partial charge in [-0.25, -0.2) is 8.96 Å². The summed E-state index contributed by atoms with van der Waals surface area (Å²) in [6.07, 6.45) is 5.47. The van der Waals surface area contributed by atoms with E-state index in [2.05, 4.69) is 20.8 Å². The van der Waals surface area contributed by atoms with E-state index in [-0.39, 0.29) is 16.8 Å². The zero-order valence-electron chi connectivity index (χ0n) is 27.5. The molecule has 0 atom stereocenters. The predicted octanol–water partition coefficient (Wildman–Crippen LogP) is 9.82. The third kappa shape index (κ3) is 4.56. The lowest BCUT2D eigenvalue weighted by molar-refractivity contribution is -0.660. The van der Waals surface area contributed by atoms with Gasteiger partial charge in [0.15, 0.2) is 6.20 Å². The van der Waals surface area contributed by atoms with Crippen LogP contribution in [0.25, 0.3) is 44.3 Å². The Hall–Kier alpha value is -3.46. The molecular weight excluding hydrogens is 481 g/mol. The maximum atomic E-state index is 15.6. The van der Waals surface area contributed by atoms with Crippen LogP contribution in [0.1, 0.15) is 74.5 Å². The van der Waals surface area contributed by atoms with Gasteiger partial charge < -0.3 is 4.42 Å². The first-order valence-corrected chi connectivity index (χ1v) is 13.9. The number of fused-ring (bicyclic) bond motifs is 3. The molecule has 2 heterocycles. The molecule has 1 saturated carbocycles. The molecule has 6 rings (SSSR count). The minimum Gasteiger partial charge on any atom is -0.454 e. The van der Waals surface area contributed by atoms with Crippen LogP contribution < -0.4 is 4.57 Å². The van der Waals surface area contributed by atoms with Gasteiger partial charge in [-0.1, -0.05) is 57.2 Å². The Labute approximate surface area is 237 Å². The largest absolute Gasteiger partial charge is 0.454 e. The van der Waals surface area contributed by atoms with Crippen LogP contribution in [0.2, 0.25) is 0 Å². The maximum Gasteiger partial charge on any atom is 0.216 e. The lowest BCUT2D eigenvalue weighted by atomic mass is 9.68. The van der Waals surface area contributed by atoms with Gasteiger partial charge in [-0.05, 0) is 91.1 Å². The molecule has 0 bridgehead atoms. The van der Waals surface area contributed by atoms with E-state index in [9.17, 15) is 1.37 Å². The number of halogens is 1. The summed E-state index contributed by atoms with van der Waals surface area (Å²) >= 11 is 0. The highest BCUT2D eigenvalue weighted by atomic mass is 19.1. The summed E-state index contributed by atoms with van der Waals surface area (Å²) in [4.78, 5) is 0. The summed E-state index contributed by atoms with van der Waals surface area (Å²) in [5.74, 6) is -0.384. The quantitative estimate of drug-likeness (QED) is 0.215. The highest BCUT2D eigenvalue weighted by molar-refractivity contribution is 6.13. The number of furan rings is 1. The minimum atomic E-state index is -2.25. The molecule has 0 unspecified atom stereocenters. The number of nitrogens with zero attached hydrogens (tertiary/aromatic N) is 1. The number of aryl methyl sites for hydroxylation is 3. The van der Waals surface area contributed by atoms with Gasteiger partial charge in [-0.2, -0.15) is 0 Å². The Morgan fingerprint density at radius 1 is 0.897 bits per heavy atom. The van der Waals surface area contributed by atoms with Crippen molar-refractivity contribution in [3.05, 3.63) is 89.4 Å². The highest BCUT2D eigenvalue weighted by Gasteiger charge is 2.30. The van der Waals surface area contributed by atoms with Crippen LogP contribution in [0.15, 0.2) is 71.3 Å². The molecule has 2 aromatic heterocycles. The fraction of sp³-hybridized carbons (Fsp3) is 0.361. The lowest BCUT2D eigenvalue weighted by Crippen LogP contribution is -2.30. The summed E-state index contributed by atoms with van der Waals surface area (Å²) in [5, 5.41) is 1.64. The van der Waals surface area contributed by atoms with Crippen molar-refractivity contribution < 1.29 is 18.9 Å². The molecule has 1 aliphatic carbocycles. The Morgan fingerprint density at radius 3 is 2.23 bits per heavy atom. The van der Waals surface area contributed by atoms with Gasteiger partial charge >= 0.3 is 0 Å². The molecule has 3 heteroatoms. The Morgan fingerprint density at radius 2 is 1.56 bits per heavy atom. The highest BCUT2D eigenvalue weighted by Crippen LogP contribution is 2.45. The SMILES string of the molecule is [2H]C([2H])([2H])c1cc[n+](C)c(-c2c(C)ccc3c2oc2c(-c4ccc(C5([2H])CCC(C(C)(C)C)CC5)cc4)c(F)ccc23)c1. The van der Waals surface area contributed by atoms with Crippen molar-refractivity contribution in [3.8, 4) is 22.4 Å². The number of hydrogen-bond acceptors (Lipinski definition) is 1. The number of rotatable bonds is 3. The first-order valence-electron chi connectivity index (χ1n) is 15.9. The van der Waals surface area contributed by atoms with Crippen molar-refractivity contribution in [2.24, 2.45) is 18.4 Å². The average Bonchev–Trinajstić information content (AvgIpc) is 3.31. The van der Waals surface area contributed by atoms with Gasteiger partial charge in [-0.3, -0.25) is 0 Å². The standard InChI is InChI=1S/C36H39FNO/c1-22-19-20-38(6)31(21-22)32-23(2)7-16-28-29-17-18-30(37)33(35(29)39-34(28)32)26-10-8-24(9-11-26)25-12-14-27(15-13-25)36(3,4)5/h7-11,16-21,25,27H,12-15H2,1-6H3/q+1/i1D3,25D. The molecule has 2 nitrogen and oxygen atoms in total. The predicted molar refractivity (Wildman–Crippen MR) is 159 cm³/mol. The van der Waals surface area contributed by atoms with E-state index >= 15 is 4.39 Å². The van der Waals surface area contributed by atoms with Gasteiger partial charge in [-0.15, -0.1) is 0 Å². The van der Waals surface area contributed by atoms with Gasteiger partial charge in [0.2, 0.25) is 5.69 Å². The summed E-state index contributed by atoms with van der Waals surface area (Å²) in [7, 11) is 1.88. The minimum absolute atomic E-state index is 0.249. The summed E-state index contributed by atoms with van der Waals surface area (Å²) in [6, 6.07) is 18.3. The Kier molecular flexibility index (Phi) is 5.27. The molecule has 0 saturated heterocycles. The molecule has 0 spiro atoms. The second kappa shape index (κ2) is 9.62. The molecule has 200 valence electrons. The molecule has 1 aliphatic rings. The van der Waals surface area contributed by atoms with Crippen LogP contribution in [-0.2, 0) is 7.05 Å². The summed E-state index contributed by atoms with van der Waals surface area (Å²) in [5.41, 5.74) is 6.04. The van der Waals surface area contributed by atoms with E-state index in [1.165, 1.54) is 6.07 Å². The number of hydrogen-bond donors (Lipinski definition) is 0. The first kappa shape index (κ1) is 21.4. The van der Waals surface area contributed by atoms with E-state index in [1.807, 2.05) is 54.9 Å². The van der Waals surface area contributed by atoms with Gasteiger partial charge in [0, 0.05) is 28.4 Å². The lowest BCUT2D eigenvalue weighted by Gasteiger charge is -2.37. The summed E-state index contributed by atoms with van der Waals surface area (Å²) < 4.78 is 57.1. The second-order valence-corrected chi connectivity index (χ2v) is 12.3. The molecule has 5 aromatic rings. The van der Waals surface area contributed by atoms with Crippen molar-refractivity contribution in [2.75, 3.05) is 0 Å². The number of pyridine rings is 1. The fourth-order valence-electron chi connectivity index (χ4n) is 6.38. The molecule has 0 amide bonds. The van der Waals surface area contributed by atoms with Crippen molar-refractivity contribution >= 4 is 21.9 Å². The van der Waals surface area contributed by atoms with Crippen molar-refractivity contribution in [1.82, 2.24) is 0 Å². The van der Waals surface area contributed by atoms with Crippen LogP contribution >= 0.6 is 0 Å². The average molecular weight is 525 g/mol. The first-order chi connectivity index (χ1) is 20.2. The molecule has 3 aromatic carbocycles. The molecule has 0 radical (unpaired) electrons. The second-order valence-electron chi connectivity index (χ2n) is 12.3. The zero-order valence-corrected chi connectivity index (χ0v) is 23.5. The third-order valence-electron chi connectivity index (χ3n) is 8.77.